The van der Waals surface area contributed by atoms with Crippen LogP contribution in [-0.4, -0.2) is 68.3 Å². The molecule has 9 heteroatoms. The molecule has 6 aromatic rings. The van der Waals surface area contributed by atoms with Crippen molar-refractivity contribution in [3.63, 3.8) is 0 Å². The Morgan fingerprint density at radius 2 is 1.65 bits per heavy atom. The van der Waals surface area contributed by atoms with Crippen molar-refractivity contribution in [1.29, 1.82) is 0 Å². The van der Waals surface area contributed by atoms with Crippen molar-refractivity contribution >= 4 is 27.8 Å². The van der Waals surface area contributed by atoms with Crippen LogP contribution >= 0.6 is 0 Å². The molecule has 3 N–H and O–H groups in total. The van der Waals surface area contributed by atoms with E-state index in [0.717, 1.165) is 83.8 Å². The number of likely N-dealkylation sites (N-methyl/N-ethyl adjacent to an activating group) is 1. The third-order valence-electron chi connectivity index (χ3n) is 7.66. The van der Waals surface area contributed by atoms with E-state index < -0.39 is 0 Å². The molecule has 5 aromatic heterocycles. The van der Waals surface area contributed by atoms with Crippen LogP contribution < -0.4 is 10.2 Å². The van der Waals surface area contributed by atoms with E-state index in [1.165, 1.54) is 11.3 Å². The molecule has 0 radical (unpaired) electrons. The average Bonchev–Trinajstić information content (AvgIpc) is 3.62. The number of nitrogens with zero attached hydrogens (tertiary/aromatic N) is 6. The quantitative estimate of drug-likeness (QED) is 0.278. The summed E-state index contributed by atoms with van der Waals surface area (Å²) in [5.74, 6) is 0. The molecule has 7 rings (SSSR count). The number of piperazine rings is 1. The smallest absolute Gasteiger partial charge is 0.181 e. The van der Waals surface area contributed by atoms with Crippen LogP contribution in [0.25, 0.3) is 44.6 Å². The molecule has 40 heavy (non-hydrogen) atoms. The number of H-pyrrole nitrogens is 2. The first-order valence-electron chi connectivity index (χ1n) is 13.7. The maximum atomic E-state index is 4.66. The minimum atomic E-state index is 0.679. The number of anilines is 1. The Hall–Kier alpha value is -4.60. The lowest BCUT2D eigenvalue weighted by molar-refractivity contribution is 0.313. The molecule has 0 aliphatic carbocycles. The van der Waals surface area contributed by atoms with Gasteiger partial charge in [-0.15, -0.1) is 0 Å². The van der Waals surface area contributed by atoms with Gasteiger partial charge in [0.25, 0.3) is 0 Å². The average molecular weight is 530 g/mol. The summed E-state index contributed by atoms with van der Waals surface area (Å²) in [5, 5.41) is 13.3. The van der Waals surface area contributed by atoms with Crippen molar-refractivity contribution in [1.82, 2.24) is 40.3 Å². The van der Waals surface area contributed by atoms with Gasteiger partial charge in [0.15, 0.2) is 5.65 Å². The fraction of sp³-hybridized carbons (Fsp3) is 0.226. The van der Waals surface area contributed by atoms with E-state index >= 15 is 0 Å². The second-order valence-corrected chi connectivity index (χ2v) is 10.4. The summed E-state index contributed by atoms with van der Waals surface area (Å²) >= 11 is 0. The first-order chi connectivity index (χ1) is 19.7. The van der Waals surface area contributed by atoms with Gasteiger partial charge in [-0.3, -0.25) is 10.1 Å². The highest BCUT2D eigenvalue weighted by Crippen LogP contribution is 2.33. The van der Waals surface area contributed by atoms with Crippen LogP contribution in [0.2, 0.25) is 0 Å². The van der Waals surface area contributed by atoms with Crippen molar-refractivity contribution in [2.45, 2.75) is 13.1 Å². The molecule has 1 saturated heterocycles. The minimum Gasteiger partial charge on any atom is -0.368 e. The van der Waals surface area contributed by atoms with Crippen LogP contribution in [-0.2, 0) is 13.1 Å². The fourth-order valence-electron chi connectivity index (χ4n) is 5.42. The van der Waals surface area contributed by atoms with Gasteiger partial charge in [-0.1, -0.05) is 30.3 Å². The fourth-order valence-corrected chi connectivity index (χ4v) is 5.42. The standard InChI is InChI=1S/C31H31N9/c1-39-9-11-40(12-10-39)28-7-8-34-30-25(28)15-27(36-30)29-26-14-24(20-35-31(26)38-37-29)23-13-22(18-33-19-23)17-32-16-21-5-3-2-4-6-21/h2-8,13-15,18-20,32H,9-12,16-17H2,1H3,(H,34,36)(H,35,37,38). The highest BCUT2D eigenvalue weighted by Gasteiger charge is 2.19. The van der Waals surface area contributed by atoms with Crippen LogP contribution in [0.5, 0.6) is 0 Å². The van der Waals surface area contributed by atoms with Gasteiger partial charge >= 0.3 is 0 Å². The molecule has 1 aliphatic rings. The molecule has 9 nitrogen and oxygen atoms in total. The van der Waals surface area contributed by atoms with Gasteiger partial charge in [0.05, 0.1) is 11.4 Å². The number of benzene rings is 1. The van der Waals surface area contributed by atoms with E-state index in [4.69, 9.17) is 0 Å². The first kappa shape index (κ1) is 24.4. The Kier molecular flexibility index (Phi) is 6.43. The Balaban J connectivity index is 1.17. The summed E-state index contributed by atoms with van der Waals surface area (Å²) in [6, 6.07) is 19.0. The van der Waals surface area contributed by atoms with Crippen LogP contribution in [0.4, 0.5) is 5.69 Å². The van der Waals surface area contributed by atoms with E-state index in [2.05, 4.69) is 101 Å². The normalized spacial score (nSPS) is 14.4. The highest BCUT2D eigenvalue weighted by atomic mass is 15.2. The summed E-state index contributed by atoms with van der Waals surface area (Å²) < 4.78 is 0. The molecule has 1 aliphatic heterocycles. The van der Waals surface area contributed by atoms with E-state index in [0.29, 0.717) is 5.65 Å². The highest BCUT2D eigenvalue weighted by molar-refractivity contribution is 5.98. The molecule has 0 amide bonds. The second-order valence-electron chi connectivity index (χ2n) is 10.4. The number of aromatic nitrogens is 6. The van der Waals surface area contributed by atoms with Gasteiger partial charge in [0.2, 0.25) is 0 Å². The van der Waals surface area contributed by atoms with Crippen LogP contribution in [0.15, 0.2) is 79.4 Å². The molecular formula is C31H31N9. The molecular weight excluding hydrogens is 498 g/mol. The molecule has 200 valence electrons. The number of nitrogens with one attached hydrogen (secondary N) is 3. The SMILES string of the molecule is CN1CCN(c2ccnc3[nH]c(-c4[nH]nc5ncc(-c6cncc(CNCc7ccccc7)c6)cc45)cc23)CC1. The molecule has 0 bridgehead atoms. The molecule has 1 aromatic carbocycles. The Labute approximate surface area is 232 Å². The van der Waals surface area contributed by atoms with Gasteiger partial charge < -0.3 is 20.1 Å². The maximum absolute atomic E-state index is 4.66. The van der Waals surface area contributed by atoms with E-state index in [1.807, 2.05) is 30.9 Å². The van der Waals surface area contributed by atoms with Crippen molar-refractivity contribution in [3.8, 4) is 22.5 Å². The zero-order valence-electron chi connectivity index (χ0n) is 22.4. The Morgan fingerprint density at radius 1 is 0.825 bits per heavy atom. The summed E-state index contributed by atoms with van der Waals surface area (Å²) in [4.78, 5) is 22.1. The van der Waals surface area contributed by atoms with E-state index in [-0.39, 0.29) is 0 Å². The summed E-state index contributed by atoms with van der Waals surface area (Å²) in [6.07, 6.45) is 7.55. The summed E-state index contributed by atoms with van der Waals surface area (Å²) in [6.45, 7) is 5.67. The van der Waals surface area contributed by atoms with Crippen molar-refractivity contribution in [3.05, 3.63) is 90.5 Å². The number of pyridine rings is 3. The van der Waals surface area contributed by atoms with Crippen molar-refractivity contribution < 1.29 is 0 Å². The van der Waals surface area contributed by atoms with Crippen molar-refractivity contribution in [2.24, 2.45) is 0 Å². The third-order valence-corrected chi connectivity index (χ3v) is 7.66. The lowest BCUT2D eigenvalue weighted by Gasteiger charge is -2.34. The van der Waals surface area contributed by atoms with Gasteiger partial charge in [0.1, 0.15) is 5.65 Å². The second kappa shape index (κ2) is 10.5. The number of fused-ring (bicyclic) bond motifs is 2. The predicted molar refractivity (Wildman–Crippen MR) is 159 cm³/mol. The third kappa shape index (κ3) is 4.81. The zero-order chi connectivity index (χ0) is 26.9. The predicted octanol–water partition coefficient (Wildman–Crippen LogP) is 4.60. The molecule has 0 unspecified atom stereocenters. The largest absolute Gasteiger partial charge is 0.368 e. The number of aromatic amines is 2. The molecule has 0 atom stereocenters. The van der Waals surface area contributed by atoms with E-state index in [9.17, 15) is 0 Å². The molecule has 0 spiro atoms. The lowest BCUT2D eigenvalue weighted by Crippen LogP contribution is -2.44. The van der Waals surface area contributed by atoms with Crippen LogP contribution in [0.1, 0.15) is 11.1 Å². The van der Waals surface area contributed by atoms with Gasteiger partial charge in [-0.25, -0.2) is 9.97 Å². The van der Waals surface area contributed by atoms with Gasteiger partial charge in [-0.05, 0) is 42.4 Å². The molecule has 1 fully saturated rings. The van der Waals surface area contributed by atoms with Gasteiger partial charge in [-0.2, -0.15) is 5.10 Å². The minimum absolute atomic E-state index is 0.679. The number of hydrogen-bond acceptors (Lipinski definition) is 7. The summed E-state index contributed by atoms with van der Waals surface area (Å²) in [5.41, 5.74) is 9.03. The van der Waals surface area contributed by atoms with E-state index in [1.54, 1.807) is 0 Å². The topological polar surface area (TPSA) is 102 Å². The monoisotopic (exact) mass is 529 g/mol. The first-order valence-corrected chi connectivity index (χ1v) is 13.7. The number of hydrogen-bond donors (Lipinski definition) is 3. The Bertz CT molecular complexity index is 1760. The molecule has 0 saturated carbocycles. The Morgan fingerprint density at radius 3 is 2.52 bits per heavy atom. The molecule has 6 heterocycles. The number of rotatable bonds is 7. The summed E-state index contributed by atoms with van der Waals surface area (Å²) in [7, 11) is 2.18. The van der Waals surface area contributed by atoms with Gasteiger partial charge in [0, 0.05) is 91.6 Å². The lowest BCUT2D eigenvalue weighted by atomic mass is 10.1. The van der Waals surface area contributed by atoms with Crippen LogP contribution in [0.3, 0.4) is 0 Å². The van der Waals surface area contributed by atoms with Crippen molar-refractivity contribution in [2.75, 3.05) is 38.1 Å². The van der Waals surface area contributed by atoms with Crippen LogP contribution in [0, 0.1) is 0 Å². The zero-order valence-corrected chi connectivity index (χ0v) is 22.4. The maximum Gasteiger partial charge on any atom is 0.181 e.